The van der Waals surface area contributed by atoms with Crippen molar-refractivity contribution < 1.29 is 23.1 Å². The van der Waals surface area contributed by atoms with Gasteiger partial charge in [-0.1, -0.05) is 12.1 Å². The third-order valence-corrected chi connectivity index (χ3v) is 3.27. The average Bonchev–Trinajstić information content (AvgIpc) is 3.18. The highest BCUT2D eigenvalue weighted by atomic mass is 19.2. The molecule has 2 atom stereocenters. The molecule has 0 radical (unpaired) electrons. The molecule has 0 aliphatic heterocycles. The van der Waals surface area contributed by atoms with E-state index in [-0.39, 0.29) is 30.0 Å². The minimum absolute atomic E-state index is 0.0359. The molecule has 1 saturated carbocycles. The number of carbonyl (C=O) groups excluding carboxylic acids is 2. The Bertz CT molecular complexity index is 560. The second kappa shape index (κ2) is 6.20. The van der Waals surface area contributed by atoms with E-state index in [1.807, 2.05) is 0 Å². The molecular formula is C15H17F2NO3. The van der Waals surface area contributed by atoms with Gasteiger partial charge in [-0.3, -0.25) is 9.59 Å². The van der Waals surface area contributed by atoms with E-state index in [4.69, 9.17) is 4.74 Å². The van der Waals surface area contributed by atoms with E-state index in [0.717, 1.165) is 6.07 Å². The van der Waals surface area contributed by atoms with E-state index in [1.165, 1.54) is 12.1 Å². The van der Waals surface area contributed by atoms with Gasteiger partial charge >= 0.3 is 5.97 Å². The summed E-state index contributed by atoms with van der Waals surface area (Å²) in [6.07, 6.45) is 0.408. The Hall–Kier alpha value is -1.98. The summed E-state index contributed by atoms with van der Waals surface area (Å²) in [5, 5.41) is 2.59. The molecule has 1 aromatic rings. The van der Waals surface area contributed by atoms with Crippen LogP contribution in [0, 0.1) is 17.6 Å². The lowest BCUT2D eigenvalue weighted by atomic mass is 10.1. The number of amides is 1. The number of halogens is 2. The van der Waals surface area contributed by atoms with Crippen LogP contribution in [0.4, 0.5) is 8.78 Å². The predicted octanol–water partition coefficient (Wildman–Crippen LogP) is 2.14. The van der Waals surface area contributed by atoms with Crippen LogP contribution in [0.15, 0.2) is 18.2 Å². The molecule has 0 bridgehead atoms. The van der Waals surface area contributed by atoms with E-state index in [2.05, 4.69) is 5.32 Å². The third-order valence-electron chi connectivity index (χ3n) is 3.27. The molecule has 1 aliphatic rings. The summed E-state index contributed by atoms with van der Waals surface area (Å²) in [5.41, 5.74) is 0.184. The largest absolute Gasteiger partial charge is 0.455 e. The summed E-state index contributed by atoms with van der Waals surface area (Å²) in [7, 11) is 0. The van der Waals surface area contributed by atoms with Crippen molar-refractivity contribution in [1.82, 2.24) is 5.32 Å². The first-order chi connectivity index (χ1) is 9.90. The maximum atomic E-state index is 13.6. The van der Waals surface area contributed by atoms with Crippen molar-refractivity contribution in [3.05, 3.63) is 35.4 Å². The molecular weight excluding hydrogens is 280 g/mol. The minimum Gasteiger partial charge on any atom is -0.455 e. The smallest absolute Gasteiger partial charge is 0.310 e. The molecule has 2 rings (SSSR count). The number of hydrogen-bond acceptors (Lipinski definition) is 3. The highest BCUT2D eigenvalue weighted by Crippen LogP contribution is 2.49. The monoisotopic (exact) mass is 297 g/mol. The number of carbonyl (C=O) groups is 2. The van der Waals surface area contributed by atoms with Crippen molar-refractivity contribution in [3.8, 4) is 0 Å². The lowest BCUT2D eigenvalue weighted by Gasteiger charge is -2.09. The summed E-state index contributed by atoms with van der Waals surface area (Å²) in [4.78, 5) is 23.1. The summed E-state index contributed by atoms with van der Waals surface area (Å²) in [6.45, 7) is 3.23. The summed E-state index contributed by atoms with van der Waals surface area (Å²) in [5.74, 6) is -3.66. The van der Waals surface area contributed by atoms with Crippen molar-refractivity contribution in [2.24, 2.45) is 5.92 Å². The molecule has 1 fully saturated rings. The molecule has 0 spiro atoms. The molecule has 4 nitrogen and oxygen atoms in total. The van der Waals surface area contributed by atoms with Gasteiger partial charge in [0, 0.05) is 12.0 Å². The Morgan fingerprint density at radius 2 is 2.10 bits per heavy atom. The first-order valence-electron chi connectivity index (χ1n) is 6.80. The van der Waals surface area contributed by atoms with Gasteiger partial charge in [-0.15, -0.1) is 0 Å². The molecule has 0 aromatic heterocycles. The number of hydrogen-bond donors (Lipinski definition) is 1. The minimum atomic E-state index is -0.928. The first kappa shape index (κ1) is 15.4. The fraction of sp³-hybridized carbons (Fsp3) is 0.467. The summed E-state index contributed by atoms with van der Waals surface area (Å²) >= 11 is 0. The van der Waals surface area contributed by atoms with Crippen molar-refractivity contribution in [2.75, 3.05) is 6.61 Å². The number of benzene rings is 1. The molecule has 21 heavy (non-hydrogen) atoms. The van der Waals surface area contributed by atoms with E-state index in [1.54, 1.807) is 13.8 Å². The highest BCUT2D eigenvalue weighted by molar-refractivity contribution is 5.83. The van der Waals surface area contributed by atoms with Gasteiger partial charge in [0.25, 0.3) is 5.91 Å². The Morgan fingerprint density at radius 1 is 1.38 bits per heavy atom. The van der Waals surface area contributed by atoms with E-state index in [0.29, 0.717) is 6.42 Å². The summed E-state index contributed by atoms with van der Waals surface area (Å²) in [6, 6.07) is 3.86. The number of esters is 1. The van der Waals surface area contributed by atoms with Crippen LogP contribution in [-0.4, -0.2) is 24.5 Å². The van der Waals surface area contributed by atoms with E-state index >= 15 is 0 Å². The van der Waals surface area contributed by atoms with Gasteiger partial charge in [-0.25, -0.2) is 8.78 Å². The topological polar surface area (TPSA) is 55.4 Å². The van der Waals surface area contributed by atoms with E-state index < -0.39 is 23.5 Å². The average molecular weight is 297 g/mol. The molecule has 6 heteroatoms. The van der Waals surface area contributed by atoms with Gasteiger partial charge in [-0.2, -0.15) is 0 Å². The quantitative estimate of drug-likeness (QED) is 0.847. The van der Waals surface area contributed by atoms with Crippen LogP contribution in [0.25, 0.3) is 0 Å². The Morgan fingerprint density at radius 3 is 2.76 bits per heavy atom. The zero-order valence-electron chi connectivity index (χ0n) is 11.9. The van der Waals surface area contributed by atoms with Crippen molar-refractivity contribution in [2.45, 2.75) is 32.2 Å². The van der Waals surface area contributed by atoms with Crippen LogP contribution in [-0.2, 0) is 14.3 Å². The van der Waals surface area contributed by atoms with Gasteiger partial charge in [-0.05, 0) is 31.9 Å². The van der Waals surface area contributed by atoms with Crippen LogP contribution < -0.4 is 5.32 Å². The van der Waals surface area contributed by atoms with Gasteiger partial charge in [0.05, 0.1) is 5.92 Å². The SMILES string of the molecule is CC(C)NC(=O)COC(=O)[C@H]1C[C@@H]1c1cccc(F)c1F. The fourth-order valence-corrected chi connectivity index (χ4v) is 2.21. The molecule has 114 valence electrons. The van der Waals surface area contributed by atoms with Crippen molar-refractivity contribution in [3.63, 3.8) is 0 Å². The van der Waals surface area contributed by atoms with Gasteiger partial charge in [0.2, 0.25) is 0 Å². The van der Waals surface area contributed by atoms with E-state index in [9.17, 15) is 18.4 Å². The van der Waals surface area contributed by atoms with Gasteiger partial charge < -0.3 is 10.1 Å². The van der Waals surface area contributed by atoms with Crippen molar-refractivity contribution in [1.29, 1.82) is 0 Å². The van der Waals surface area contributed by atoms with Crippen molar-refractivity contribution >= 4 is 11.9 Å². The number of ether oxygens (including phenoxy) is 1. The lowest BCUT2D eigenvalue weighted by Crippen LogP contribution is -2.34. The predicted molar refractivity (Wildman–Crippen MR) is 71.4 cm³/mol. The Labute approximate surface area is 121 Å². The molecule has 0 unspecified atom stereocenters. The second-order valence-corrected chi connectivity index (χ2v) is 5.42. The molecule has 0 heterocycles. The molecule has 1 aromatic carbocycles. The third kappa shape index (κ3) is 3.77. The van der Waals surface area contributed by atoms with Gasteiger partial charge in [0.15, 0.2) is 18.2 Å². The van der Waals surface area contributed by atoms with Crippen LogP contribution in [0.3, 0.4) is 0 Å². The normalized spacial score (nSPS) is 20.2. The molecule has 1 N–H and O–H groups in total. The maximum absolute atomic E-state index is 13.6. The fourth-order valence-electron chi connectivity index (χ4n) is 2.21. The van der Waals surface area contributed by atoms with Crippen LogP contribution in [0.2, 0.25) is 0 Å². The van der Waals surface area contributed by atoms with Crippen LogP contribution in [0.1, 0.15) is 31.7 Å². The zero-order valence-corrected chi connectivity index (χ0v) is 11.9. The zero-order chi connectivity index (χ0) is 15.6. The second-order valence-electron chi connectivity index (χ2n) is 5.42. The Balaban J connectivity index is 1.87. The maximum Gasteiger partial charge on any atom is 0.310 e. The van der Waals surface area contributed by atoms with Crippen LogP contribution >= 0.6 is 0 Å². The van der Waals surface area contributed by atoms with Crippen LogP contribution in [0.5, 0.6) is 0 Å². The Kier molecular flexibility index (Phi) is 4.55. The first-order valence-corrected chi connectivity index (χ1v) is 6.80. The standard InChI is InChI=1S/C15H17F2NO3/c1-8(2)18-13(19)7-21-15(20)11-6-10(11)9-4-3-5-12(16)14(9)17/h3-5,8,10-11H,6-7H2,1-2H3,(H,18,19)/t10-,11+/m1/s1. The molecule has 1 amide bonds. The number of rotatable bonds is 5. The highest BCUT2D eigenvalue weighted by Gasteiger charge is 2.46. The van der Waals surface area contributed by atoms with Gasteiger partial charge in [0.1, 0.15) is 0 Å². The molecule has 1 aliphatic carbocycles. The molecule has 0 saturated heterocycles. The number of nitrogens with one attached hydrogen (secondary N) is 1. The lowest BCUT2D eigenvalue weighted by molar-refractivity contribution is -0.150. The summed E-state index contributed by atoms with van der Waals surface area (Å²) < 4.78 is 31.6.